The zero-order chi connectivity index (χ0) is 14.0. The fraction of sp³-hybridized carbons (Fsp3) is 1.00. The maximum absolute atomic E-state index is 12.8. The van der Waals surface area contributed by atoms with Crippen molar-refractivity contribution in [2.24, 2.45) is 5.92 Å². The van der Waals surface area contributed by atoms with Crippen LogP contribution in [0.3, 0.4) is 0 Å². The molecule has 0 amide bonds. The summed E-state index contributed by atoms with van der Waals surface area (Å²) in [7, 11) is -3.32. The molecule has 1 aliphatic carbocycles. The number of morpholine rings is 1. The number of nitrogens with one attached hydrogen (secondary N) is 1. The van der Waals surface area contributed by atoms with Gasteiger partial charge in [-0.3, -0.25) is 0 Å². The second-order valence-corrected chi connectivity index (χ2v) is 8.00. The molecule has 0 aromatic heterocycles. The van der Waals surface area contributed by atoms with E-state index < -0.39 is 10.2 Å². The summed E-state index contributed by atoms with van der Waals surface area (Å²) < 4.78 is 34.2. The fourth-order valence-corrected chi connectivity index (χ4v) is 4.65. The van der Waals surface area contributed by atoms with E-state index in [2.05, 4.69) is 5.32 Å². The van der Waals surface area contributed by atoms with Crippen molar-refractivity contribution in [3.05, 3.63) is 0 Å². The Labute approximate surface area is 121 Å². The van der Waals surface area contributed by atoms with Crippen LogP contribution in [-0.4, -0.2) is 69.0 Å². The summed E-state index contributed by atoms with van der Waals surface area (Å²) in [4.78, 5) is 0. The smallest absolute Gasteiger partial charge is 0.282 e. The number of nitrogens with zero attached hydrogens (tertiary/aromatic N) is 2. The van der Waals surface area contributed by atoms with Gasteiger partial charge >= 0.3 is 0 Å². The largest absolute Gasteiger partial charge is 0.379 e. The molecule has 116 valence electrons. The van der Waals surface area contributed by atoms with E-state index in [9.17, 15) is 8.42 Å². The van der Waals surface area contributed by atoms with Gasteiger partial charge in [-0.05, 0) is 38.1 Å². The van der Waals surface area contributed by atoms with E-state index in [-0.39, 0.29) is 0 Å². The molecule has 3 aliphatic rings. The van der Waals surface area contributed by atoms with Gasteiger partial charge in [0.25, 0.3) is 10.2 Å². The van der Waals surface area contributed by atoms with E-state index in [0.717, 1.165) is 19.4 Å². The highest BCUT2D eigenvalue weighted by atomic mass is 32.2. The molecule has 0 spiro atoms. The molecule has 6 nitrogen and oxygen atoms in total. The topological polar surface area (TPSA) is 61.9 Å². The molecular formula is C13H25N3O3S. The minimum atomic E-state index is -3.32. The lowest BCUT2D eigenvalue weighted by Gasteiger charge is -2.33. The molecule has 2 heterocycles. The Bertz CT molecular complexity index is 413. The Morgan fingerprint density at radius 1 is 1.15 bits per heavy atom. The summed E-state index contributed by atoms with van der Waals surface area (Å²) in [6, 6.07) is 0.324. The van der Waals surface area contributed by atoms with Crippen LogP contribution in [0, 0.1) is 5.92 Å². The molecule has 3 fully saturated rings. The van der Waals surface area contributed by atoms with Crippen LogP contribution in [0.4, 0.5) is 0 Å². The molecule has 1 saturated carbocycles. The molecule has 1 atom stereocenters. The van der Waals surface area contributed by atoms with Gasteiger partial charge in [0.15, 0.2) is 0 Å². The lowest BCUT2D eigenvalue weighted by Crippen LogP contribution is -2.51. The second-order valence-electron chi connectivity index (χ2n) is 6.07. The summed E-state index contributed by atoms with van der Waals surface area (Å²) in [5.41, 5.74) is 0. The third-order valence-electron chi connectivity index (χ3n) is 4.37. The second kappa shape index (κ2) is 6.27. The van der Waals surface area contributed by atoms with Gasteiger partial charge in [-0.15, -0.1) is 0 Å². The lowest BCUT2D eigenvalue weighted by atomic mass is 10.2. The lowest BCUT2D eigenvalue weighted by molar-refractivity contribution is 0.0699. The molecule has 1 N–H and O–H groups in total. The Morgan fingerprint density at radius 3 is 2.50 bits per heavy atom. The van der Waals surface area contributed by atoms with Crippen molar-refractivity contribution < 1.29 is 13.2 Å². The molecule has 2 saturated heterocycles. The first-order valence-electron chi connectivity index (χ1n) is 7.72. The normalized spacial score (nSPS) is 29.1. The van der Waals surface area contributed by atoms with E-state index in [4.69, 9.17) is 4.74 Å². The SMILES string of the molecule is O=S(=O)(N1CCOCC1)N(CC1CC1)CC1CCCN1. The zero-order valence-electron chi connectivity index (χ0n) is 12.0. The van der Waals surface area contributed by atoms with E-state index >= 15 is 0 Å². The zero-order valence-corrected chi connectivity index (χ0v) is 12.8. The molecule has 0 aromatic rings. The van der Waals surface area contributed by atoms with E-state index in [1.807, 2.05) is 0 Å². The third kappa shape index (κ3) is 3.51. The molecule has 7 heteroatoms. The van der Waals surface area contributed by atoms with Gasteiger partial charge in [-0.25, -0.2) is 0 Å². The van der Waals surface area contributed by atoms with Crippen LogP contribution in [-0.2, 0) is 14.9 Å². The van der Waals surface area contributed by atoms with Crippen molar-refractivity contribution in [1.82, 2.24) is 13.9 Å². The summed E-state index contributed by atoms with van der Waals surface area (Å²) in [6.45, 7) is 4.33. The molecular weight excluding hydrogens is 278 g/mol. The minimum absolute atomic E-state index is 0.324. The van der Waals surface area contributed by atoms with Crippen LogP contribution >= 0.6 is 0 Å². The maximum atomic E-state index is 12.8. The van der Waals surface area contributed by atoms with Crippen molar-refractivity contribution in [1.29, 1.82) is 0 Å². The van der Waals surface area contributed by atoms with Gasteiger partial charge < -0.3 is 10.1 Å². The molecule has 0 radical (unpaired) electrons. The van der Waals surface area contributed by atoms with Crippen molar-refractivity contribution in [3.63, 3.8) is 0 Å². The van der Waals surface area contributed by atoms with Gasteiger partial charge in [0.2, 0.25) is 0 Å². The summed E-state index contributed by atoms with van der Waals surface area (Å²) in [5, 5.41) is 3.41. The average molecular weight is 303 g/mol. The highest BCUT2D eigenvalue weighted by molar-refractivity contribution is 7.86. The van der Waals surface area contributed by atoms with Crippen LogP contribution in [0.25, 0.3) is 0 Å². The van der Waals surface area contributed by atoms with Crippen molar-refractivity contribution >= 4 is 10.2 Å². The third-order valence-corrected chi connectivity index (χ3v) is 6.34. The Morgan fingerprint density at radius 2 is 1.90 bits per heavy atom. The quantitative estimate of drug-likeness (QED) is 0.752. The number of hydrogen-bond acceptors (Lipinski definition) is 4. The highest BCUT2D eigenvalue weighted by Crippen LogP contribution is 2.31. The van der Waals surface area contributed by atoms with Crippen molar-refractivity contribution in [3.8, 4) is 0 Å². The molecule has 2 aliphatic heterocycles. The van der Waals surface area contributed by atoms with Crippen LogP contribution in [0.5, 0.6) is 0 Å². The Hall–Kier alpha value is -0.210. The monoisotopic (exact) mass is 303 g/mol. The average Bonchev–Trinajstić information content (AvgIpc) is 3.13. The Balaban J connectivity index is 1.68. The first kappa shape index (κ1) is 14.7. The summed E-state index contributed by atoms with van der Waals surface area (Å²) >= 11 is 0. The molecule has 1 unspecified atom stereocenters. The minimum Gasteiger partial charge on any atom is -0.379 e. The van der Waals surface area contributed by atoms with Gasteiger partial charge in [0, 0.05) is 32.2 Å². The summed E-state index contributed by atoms with van der Waals surface area (Å²) in [6.07, 6.45) is 4.58. The van der Waals surface area contributed by atoms with Gasteiger partial charge in [0.05, 0.1) is 13.2 Å². The van der Waals surface area contributed by atoms with E-state index in [0.29, 0.717) is 51.4 Å². The molecule has 3 rings (SSSR count). The molecule has 0 aromatic carbocycles. The van der Waals surface area contributed by atoms with Crippen molar-refractivity contribution in [2.75, 3.05) is 45.9 Å². The van der Waals surface area contributed by atoms with Crippen LogP contribution in [0.15, 0.2) is 0 Å². The van der Waals surface area contributed by atoms with Gasteiger partial charge in [0.1, 0.15) is 0 Å². The van der Waals surface area contributed by atoms with Crippen molar-refractivity contribution in [2.45, 2.75) is 31.7 Å². The van der Waals surface area contributed by atoms with Crippen LogP contribution < -0.4 is 5.32 Å². The number of ether oxygens (including phenoxy) is 1. The van der Waals surface area contributed by atoms with Crippen LogP contribution in [0.1, 0.15) is 25.7 Å². The first-order chi connectivity index (χ1) is 9.66. The predicted molar refractivity (Wildman–Crippen MR) is 76.6 cm³/mol. The van der Waals surface area contributed by atoms with E-state index in [1.54, 1.807) is 8.61 Å². The molecule has 20 heavy (non-hydrogen) atoms. The number of hydrogen-bond donors (Lipinski definition) is 1. The molecule has 0 bridgehead atoms. The summed E-state index contributed by atoms with van der Waals surface area (Å²) in [5.74, 6) is 0.576. The van der Waals surface area contributed by atoms with Gasteiger partial charge in [-0.2, -0.15) is 17.0 Å². The van der Waals surface area contributed by atoms with Gasteiger partial charge in [-0.1, -0.05) is 0 Å². The van der Waals surface area contributed by atoms with E-state index in [1.165, 1.54) is 12.8 Å². The first-order valence-corrected chi connectivity index (χ1v) is 9.12. The van der Waals surface area contributed by atoms with Crippen LogP contribution in [0.2, 0.25) is 0 Å². The Kier molecular flexibility index (Phi) is 4.62. The predicted octanol–water partition coefficient (Wildman–Crippen LogP) is 0.0274. The number of rotatable bonds is 6. The fourth-order valence-electron chi connectivity index (χ4n) is 2.95. The standard InChI is InChI=1S/C13H25N3O3S/c17-20(18,15-6-8-19-9-7-15)16(10-12-3-4-12)11-13-2-1-5-14-13/h12-14H,1-11H2. The highest BCUT2D eigenvalue weighted by Gasteiger charge is 2.36. The maximum Gasteiger partial charge on any atom is 0.282 e.